The van der Waals surface area contributed by atoms with Crippen LogP contribution in [0, 0.1) is 13.8 Å². The Morgan fingerprint density at radius 2 is 1.89 bits per heavy atom. The number of rotatable bonds is 6. The molecule has 0 aromatic heterocycles. The van der Waals surface area contributed by atoms with Crippen LogP contribution in [0.15, 0.2) is 18.2 Å². The van der Waals surface area contributed by atoms with Crippen molar-refractivity contribution >= 4 is 0 Å². The van der Waals surface area contributed by atoms with Gasteiger partial charge in [0.15, 0.2) is 0 Å². The van der Waals surface area contributed by atoms with E-state index in [1.165, 1.54) is 68.2 Å². The Morgan fingerprint density at radius 1 is 1.11 bits per heavy atom. The zero-order valence-corrected chi connectivity index (χ0v) is 12.0. The highest BCUT2D eigenvalue weighted by Gasteiger charge is 2.13. The minimum Gasteiger partial charge on any atom is -0.314 e. The number of unbranched alkanes of at least 4 members (excludes halogenated alkanes) is 1. The molecule has 0 spiro atoms. The predicted octanol–water partition coefficient (Wildman–Crippen LogP) is 4.16. The van der Waals surface area contributed by atoms with E-state index in [0.717, 1.165) is 6.04 Å². The van der Waals surface area contributed by atoms with Crippen LogP contribution in [0.1, 0.15) is 55.2 Å². The van der Waals surface area contributed by atoms with Gasteiger partial charge in [-0.1, -0.05) is 36.6 Å². The summed E-state index contributed by atoms with van der Waals surface area (Å²) in [6, 6.07) is 7.66. The monoisotopic (exact) mass is 245 g/mol. The van der Waals surface area contributed by atoms with Gasteiger partial charge in [-0.05, 0) is 63.6 Å². The van der Waals surface area contributed by atoms with E-state index >= 15 is 0 Å². The maximum atomic E-state index is 3.69. The molecule has 0 aliphatic heterocycles. The minimum absolute atomic E-state index is 0.825. The molecular formula is C17H27N. The molecule has 1 aliphatic carbocycles. The summed E-state index contributed by atoms with van der Waals surface area (Å²) in [7, 11) is 0. The zero-order valence-electron chi connectivity index (χ0n) is 12.0. The minimum atomic E-state index is 0.825. The van der Waals surface area contributed by atoms with Crippen molar-refractivity contribution in [1.29, 1.82) is 0 Å². The van der Waals surface area contributed by atoms with Gasteiger partial charge in [-0.25, -0.2) is 0 Å². The van der Waals surface area contributed by atoms with Crippen LogP contribution in [0.2, 0.25) is 0 Å². The van der Waals surface area contributed by atoms with Crippen LogP contribution in [0.5, 0.6) is 0 Å². The van der Waals surface area contributed by atoms with E-state index in [-0.39, 0.29) is 0 Å². The van der Waals surface area contributed by atoms with Gasteiger partial charge in [-0.2, -0.15) is 0 Å². The van der Waals surface area contributed by atoms with Gasteiger partial charge in [0, 0.05) is 6.04 Å². The predicted molar refractivity (Wildman–Crippen MR) is 79.1 cm³/mol. The molecule has 2 rings (SSSR count). The summed E-state index contributed by atoms with van der Waals surface area (Å²) in [5, 5.41) is 3.69. The maximum absolute atomic E-state index is 3.69. The van der Waals surface area contributed by atoms with Crippen LogP contribution >= 0.6 is 0 Å². The Kier molecular flexibility index (Phi) is 5.25. The quantitative estimate of drug-likeness (QED) is 0.742. The number of hydrogen-bond donors (Lipinski definition) is 1. The van der Waals surface area contributed by atoms with Crippen molar-refractivity contribution in [3.05, 3.63) is 34.9 Å². The molecule has 0 atom stereocenters. The molecule has 0 bridgehead atoms. The fraction of sp³-hybridized carbons (Fsp3) is 0.647. The van der Waals surface area contributed by atoms with Gasteiger partial charge in [0.25, 0.3) is 0 Å². The third-order valence-electron chi connectivity index (χ3n) is 4.16. The molecule has 1 aromatic carbocycles. The van der Waals surface area contributed by atoms with Crippen LogP contribution in [0.25, 0.3) is 0 Å². The van der Waals surface area contributed by atoms with Crippen molar-refractivity contribution in [2.75, 3.05) is 6.54 Å². The zero-order chi connectivity index (χ0) is 12.8. The molecule has 0 saturated heterocycles. The normalized spacial score (nSPS) is 16.3. The van der Waals surface area contributed by atoms with Gasteiger partial charge in [-0.3, -0.25) is 0 Å². The van der Waals surface area contributed by atoms with E-state index in [4.69, 9.17) is 0 Å². The summed E-state index contributed by atoms with van der Waals surface area (Å²) in [6.45, 7) is 5.61. The lowest BCUT2D eigenvalue weighted by atomic mass is 10.0. The Morgan fingerprint density at radius 3 is 2.61 bits per heavy atom. The summed E-state index contributed by atoms with van der Waals surface area (Å²) in [6.07, 6.45) is 9.51. The molecular weight excluding hydrogens is 218 g/mol. The number of hydrogen-bond acceptors (Lipinski definition) is 1. The number of aryl methyl sites for hydroxylation is 3. The molecule has 1 nitrogen and oxygen atoms in total. The Labute approximate surface area is 112 Å². The summed E-state index contributed by atoms with van der Waals surface area (Å²) in [5.74, 6) is 0. The molecule has 0 radical (unpaired) electrons. The van der Waals surface area contributed by atoms with Crippen molar-refractivity contribution in [1.82, 2.24) is 5.32 Å². The van der Waals surface area contributed by atoms with Gasteiger partial charge in [0.1, 0.15) is 0 Å². The highest BCUT2D eigenvalue weighted by atomic mass is 14.9. The van der Waals surface area contributed by atoms with Gasteiger partial charge in [0.2, 0.25) is 0 Å². The second-order valence-electron chi connectivity index (χ2n) is 5.82. The largest absolute Gasteiger partial charge is 0.314 e. The standard InChI is InChI=1S/C17H27N/c1-14-10-11-16(15(2)13-14)7-5-6-12-18-17-8-3-4-9-17/h10-11,13,17-18H,3-9,12H2,1-2H3. The lowest BCUT2D eigenvalue weighted by Gasteiger charge is -2.11. The molecule has 1 saturated carbocycles. The highest BCUT2D eigenvalue weighted by molar-refractivity contribution is 5.30. The molecule has 18 heavy (non-hydrogen) atoms. The first kappa shape index (κ1) is 13.6. The van der Waals surface area contributed by atoms with Crippen LogP contribution in [-0.4, -0.2) is 12.6 Å². The Bertz CT molecular complexity index is 364. The lowest BCUT2D eigenvalue weighted by molar-refractivity contribution is 0.508. The molecule has 1 heteroatoms. The average Bonchev–Trinajstić information content (AvgIpc) is 2.84. The Hall–Kier alpha value is -0.820. The first-order chi connectivity index (χ1) is 8.75. The molecule has 0 amide bonds. The van der Waals surface area contributed by atoms with Crippen molar-refractivity contribution in [2.24, 2.45) is 0 Å². The molecule has 1 aromatic rings. The van der Waals surface area contributed by atoms with Crippen molar-refractivity contribution < 1.29 is 0 Å². The molecule has 100 valence electrons. The summed E-state index contributed by atoms with van der Waals surface area (Å²) >= 11 is 0. The van der Waals surface area contributed by atoms with Crippen LogP contribution in [0.4, 0.5) is 0 Å². The van der Waals surface area contributed by atoms with E-state index in [1.54, 1.807) is 0 Å². The molecule has 1 fully saturated rings. The van der Waals surface area contributed by atoms with Crippen LogP contribution in [0.3, 0.4) is 0 Å². The lowest BCUT2D eigenvalue weighted by Crippen LogP contribution is -2.26. The van der Waals surface area contributed by atoms with Crippen molar-refractivity contribution in [3.63, 3.8) is 0 Å². The second-order valence-corrected chi connectivity index (χ2v) is 5.82. The van der Waals surface area contributed by atoms with Crippen LogP contribution in [-0.2, 0) is 6.42 Å². The number of nitrogens with one attached hydrogen (secondary N) is 1. The third-order valence-corrected chi connectivity index (χ3v) is 4.16. The van der Waals surface area contributed by atoms with Crippen molar-refractivity contribution in [3.8, 4) is 0 Å². The summed E-state index contributed by atoms with van der Waals surface area (Å²) < 4.78 is 0. The fourth-order valence-corrected chi connectivity index (χ4v) is 3.00. The SMILES string of the molecule is Cc1ccc(CCCCNC2CCCC2)c(C)c1. The maximum Gasteiger partial charge on any atom is 0.00670 e. The van der Waals surface area contributed by atoms with Crippen LogP contribution < -0.4 is 5.32 Å². The van der Waals surface area contributed by atoms with E-state index in [9.17, 15) is 0 Å². The van der Waals surface area contributed by atoms with E-state index in [2.05, 4.69) is 37.4 Å². The molecule has 1 N–H and O–H groups in total. The average molecular weight is 245 g/mol. The van der Waals surface area contributed by atoms with Gasteiger partial charge in [0.05, 0.1) is 0 Å². The summed E-state index contributed by atoms with van der Waals surface area (Å²) in [4.78, 5) is 0. The smallest absolute Gasteiger partial charge is 0.00670 e. The summed E-state index contributed by atoms with van der Waals surface area (Å²) in [5.41, 5.74) is 4.36. The topological polar surface area (TPSA) is 12.0 Å². The number of benzene rings is 1. The fourth-order valence-electron chi connectivity index (χ4n) is 3.00. The van der Waals surface area contributed by atoms with E-state index in [0.29, 0.717) is 0 Å². The third kappa shape index (κ3) is 4.13. The highest BCUT2D eigenvalue weighted by Crippen LogP contribution is 2.17. The molecule has 0 heterocycles. The van der Waals surface area contributed by atoms with E-state index < -0.39 is 0 Å². The van der Waals surface area contributed by atoms with E-state index in [1.807, 2.05) is 0 Å². The van der Waals surface area contributed by atoms with Crippen molar-refractivity contribution in [2.45, 2.75) is 64.8 Å². The van der Waals surface area contributed by atoms with Gasteiger partial charge >= 0.3 is 0 Å². The second kappa shape index (κ2) is 6.94. The Balaban J connectivity index is 1.62. The molecule has 1 aliphatic rings. The van der Waals surface area contributed by atoms with Gasteiger partial charge < -0.3 is 5.32 Å². The first-order valence-electron chi connectivity index (χ1n) is 7.55. The van der Waals surface area contributed by atoms with Gasteiger partial charge in [-0.15, -0.1) is 0 Å². The first-order valence-corrected chi connectivity index (χ1v) is 7.55. The molecule has 0 unspecified atom stereocenters.